The largest absolute Gasteiger partial charge is 0.491 e. The van der Waals surface area contributed by atoms with Crippen LogP contribution in [0.3, 0.4) is 0 Å². The van der Waals surface area contributed by atoms with Crippen LogP contribution >= 0.6 is 0 Å². The van der Waals surface area contributed by atoms with Crippen molar-refractivity contribution in [2.24, 2.45) is 0 Å². The van der Waals surface area contributed by atoms with E-state index in [2.05, 4.69) is 52.0 Å². The molecule has 6 rings (SSSR count). The average molecular weight is 535 g/mol. The number of benzene rings is 2. The number of ether oxygens (including phenoxy) is 5. The molecule has 2 aromatic carbocycles. The van der Waals surface area contributed by atoms with E-state index in [1.54, 1.807) is 0 Å². The molecule has 6 bridgehead atoms. The molecule has 1 heterocycles. The molecule has 5 heteroatoms. The quantitative estimate of drug-likeness (QED) is 0.402. The zero-order valence-electron chi connectivity index (χ0n) is 24.3. The van der Waals surface area contributed by atoms with Crippen molar-refractivity contribution in [3.63, 3.8) is 0 Å². The number of hydrogen-bond acceptors (Lipinski definition) is 5. The van der Waals surface area contributed by atoms with Gasteiger partial charge in [-0.25, -0.2) is 0 Å². The van der Waals surface area contributed by atoms with Gasteiger partial charge in [0.1, 0.15) is 24.7 Å². The van der Waals surface area contributed by atoms with Gasteiger partial charge in [-0.1, -0.05) is 52.0 Å². The molecular formula is C34H46O5. The van der Waals surface area contributed by atoms with Gasteiger partial charge >= 0.3 is 0 Å². The molecule has 2 saturated carbocycles. The fourth-order valence-corrected chi connectivity index (χ4v) is 6.93. The first-order valence-electron chi connectivity index (χ1n) is 15.4. The van der Waals surface area contributed by atoms with Crippen molar-refractivity contribution in [2.75, 3.05) is 52.9 Å². The van der Waals surface area contributed by atoms with Gasteiger partial charge < -0.3 is 23.7 Å². The maximum atomic E-state index is 6.71. The van der Waals surface area contributed by atoms with Crippen LogP contribution in [-0.2, 0) is 14.2 Å². The minimum Gasteiger partial charge on any atom is -0.491 e. The lowest BCUT2D eigenvalue weighted by Crippen LogP contribution is -2.30. The van der Waals surface area contributed by atoms with Crippen LogP contribution in [-0.4, -0.2) is 52.9 Å². The second kappa shape index (κ2) is 11.8. The molecule has 212 valence electrons. The Balaban J connectivity index is 1.49. The molecule has 4 unspecified atom stereocenters. The Labute approximate surface area is 234 Å². The van der Waals surface area contributed by atoms with Crippen molar-refractivity contribution in [3.8, 4) is 11.5 Å². The lowest BCUT2D eigenvalue weighted by Gasteiger charge is -2.45. The molecule has 0 saturated heterocycles. The Hall–Kier alpha value is -2.08. The molecule has 3 aliphatic carbocycles. The zero-order chi connectivity index (χ0) is 26.9. The second-order valence-electron chi connectivity index (χ2n) is 12.5. The number of fused-ring (bicyclic) bond motifs is 3. The predicted molar refractivity (Wildman–Crippen MR) is 154 cm³/mol. The zero-order valence-corrected chi connectivity index (χ0v) is 24.3. The monoisotopic (exact) mass is 534 g/mol. The molecule has 1 aliphatic heterocycles. The second-order valence-corrected chi connectivity index (χ2v) is 12.5. The molecule has 0 radical (unpaired) electrons. The van der Waals surface area contributed by atoms with Gasteiger partial charge in [-0.15, -0.1) is 0 Å². The predicted octanol–water partition coefficient (Wildman–Crippen LogP) is 7.39. The molecule has 4 aliphatic rings. The Morgan fingerprint density at radius 1 is 0.462 bits per heavy atom. The van der Waals surface area contributed by atoms with Crippen LogP contribution in [0.2, 0.25) is 0 Å². The normalized spacial score (nSPS) is 27.3. The highest BCUT2D eigenvalue weighted by molar-refractivity contribution is 5.58. The first kappa shape index (κ1) is 27.1. The molecule has 0 amide bonds. The molecule has 5 nitrogen and oxygen atoms in total. The fraction of sp³-hybridized carbons (Fsp3) is 0.647. The maximum Gasteiger partial charge on any atom is 0.126 e. The lowest BCUT2D eigenvalue weighted by atomic mass is 9.60. The third-order valence-electron chi connectivity index (χ3n) is 9.51. The van der Waals surface area contributed by atoms with Crippen LogP contribution in [0.1, 0.15) is 122 Å². The highest BCUT2D eigenvalue weighted by atomic mass is 16.6. The molecule has 2 aromatic rings. The van der Waals surface area contributed by atoms with E-state index in [4.69, 9.17) is 23.7 Å². The fourth-order valence-electron chi connectivity index (χ4n) is 6.93. The van der Waals surface area contributed by atoms with E-state index in [0.29, 0.717) is 88.4 Å². The van der Waals surface area contributed by atoms with Gasteiger partial charge in [-0.05, 0) is 94.6 Å². The van der Waals surface area contributed by atoms with Gasteiger partial charge in [0.2, 0.25) is 0 Å². The van der Waals surface area contributed by atoms with E-state index in [1.807, 2.05) is 0 Å². The van der Waals surface area contributed by atoms with Crippen LogP contribution in [0.4, 0.5) is 0 Å². The van der Waals surface area contributed by atoms with Crippen LogP contribution in [0.25, 0.3) is 0 Å². The van der Waals surface area contributed by atoms with Gasteiger partial charge in [0, 0.05) is 0 Å². The third kappa shape index (κ3) is 5.35. The van der Waals surface area contributed by atoms with Crippen molar-refractivity contribution in [1.29, 1.82) is 0 Å². The summed E-state index contributed by atoms with van der Waals surface area (Å²) in [6.07, 6.45) is 4.75. The lowest BCUT2D eigenvalue weighted by molar-refractivity contribution is 0.00492. The summed E-state index contributed by atoms with van der Waals surface area (Å²) in [5, 5.41) is 0. The SMILES string of the molecule is CC(C)c1cc2c3c(c1)C1CCC1c1cc(C(C)C)cc(c1OCCOCCOCCOCCO3)C1CCC21. The molecular weight excluding hydrogens is 488 g/mol. The third-order valence-corrected chi connectivity index (χ3v) is 9.51. The Morgan fingerprint density at radius 3 is 1.00 bits per heavy atom. The van der Waals surface area contributed by atoms with Gasteiger partial charge in [-0.2, -0.15) is 0 Å². The molecule has 2 fully saturated rings. The van der Waals surface area contributed by atoms with Crippen LogP contribution in [0.5, 0.6) is 11.5 Å². The van der Waals surface area contributed by atoms with E-state index in [-0.39, 0.29) is 0 Å². The number of rotatable bonds is 2. The first-order valence-corrected chi connectivity index (χ1v) is 15.4. The smallest absolute Gasteiger partial charge is 0.126 e. The van der Waals surface area contributed by atoms with E-state index in [0.717, 1.165) is 11.5 Å². The summed E-state index contributed by atoms with van der Waals surface area (Å²) < 4.78 is 30.8. The standard InChI is InChI=1S/C34H46O5/c1-21(2)23-17-29-25-5-7-27(25)31-19-24(22(3)4)20-32-28-8-6-26(28)30(18-23)33(29)38-15-13-36-11-9-35-10-12-37-14-16-39-34(31)32/h17-22,25-28H,5-16H2,1-4H3. The molecule has 0 aromatic heterocycles. The van der Waals surface area contributed by atoms with Crippen molar-refractivity contribution in [2.45, 2.75) is 88.9 Å². The van der Waals surface area contributed by atoms with E-state index >= 15 is 0 Å². The minimum atomic E-state index is 0.444. The van der Waals surface area contributed by atoms with Gasteiger partial charge in [0.25, 0.3) is 0 Å². The van der Waals surface area contributed by atoms with Crippen molar-refractivity contribution in [3.05, 3.63) is 57.6 Å². The van der Waals surface area contributed by atoms with Gasteiger partial charge in [0.05, 0.1) is 39.6 Å². The summed E-state index contributed by atoms with van der Waals surface area (Å²) in [5.74, 6) is 5.04. The van der Waals surface area contributed by atoms with Crippen LogP contribution in [0.15, 0.2) is 24.3 Å². The molecule has 0 N–H and O–H groups in total. The first-order chi connectivity index (χ1) is 19.0. The minimum absolute atomic E-state index is 0.444. The van der Waals surface area contributed by atoms with Crippen molar-refractivity contribution in [1.82, 2.24) is 0 Å². The molecule has 0 spiro atoms. The maximum absolute atomic E-state index is 6.71. The summed E-state index contributed by atoms with van der Waals surface area (Å²) in [5.41, 5.74) is 8.52. The van der Waals surface area contributed by atoms with E-state index in [1.165, 1.54) is 59.1 Å². The van der Waals surface area contributed by atoms with Crippen LogP contribution < -0.4 is 9.47 Å². The summed E-state index contributed by atoms with van der Waals surface area (Å²) in [6.45, 7) is 13.8. The Kier molecular flexibility index (Phi) is 8.20. The van der Waals surface area contributed by atoms with E-state index < -0.39 is 0 Å². The Bertz CT molecular complexity index is 1000. The topological polar surface area (TPSA) is 46.2 Å². The summed E-state index contributed by atoms with van der Waals surface area (Å²) in [6, 6.07) is 9.87. The van der Waals surface area contributed by atoms with Crippen molar-refractivity contribution >= 4 is 0 Å². The average Bonchev–Trinajstić information content (AvgIpc) is 2.86. The summed E-state index contributed by atoms with van der Waals surface area (Å²) >= 11 is 0. The summed E-state index contributed by atoms with van der Waals surface area (Å²) in [7, 11) is 0. The molecule has 4 atom stereocenters. The van der Waals surface area contributed by atoms with Crippen molar-refractivity contribution < 1.29 is 23.7 Å². The summed E-state index contributed by atoms with van der Waals surface area (Å²) in [4.78, 5) is 0. The number of hydrogen-bond donors (Lipinski definition) is 0. The highest BCUT2D eigenvalue weighted by Gasteiger charge is 2.44. The van der Waals surface area contributed by atoms with E-state index in [9.17, 15) is 0 Å². The molecule has 39 heavy (non-hydrogen) atoms. The van der Waals surface area contributed by atoms with Gasteiger partial charge in [-0.3, -0.25) is 0 Å². The Morgan fingerprint density at radius 2 is 0.744 bits per heavy atom. The van der Waals surface area contributed by atoms with Gasteiger partial charge in [0.15, 0.2) is 0 Å². The highest BCUT2D eigenvalue weighted by Crippen LogP contribution is 2.61. The van der Waals surface area contributed by atoms with Crippen LogP contribution in [0, 0.1) is 0 Å².